The lowest BCUT2D eigenvalue weighted by Crippen LogP contribution is -2.33. The van der Waals surface area contributed by atoms with E-state index < -0.39 is 17.4 Å². The van der Waals surface area contributed by atoms with Gasteiger partial charge in [0.15, 0.2) is 5.82 Å². The molecule has 0 aliphatic rings. The molecule has 0 aliphatic carbocycles. The fourth-order valence-corrected chi connectivity index (χ4v) is 1.71. The molecule has 0 radical (unpaired) electrons. The van der Waals surface area contributed by atoms with Gasteiger partial charge in [-0.25, -0.2) is 9.78 Å². The van der Waals surface area contributed by atoms with Gasteiger partial charge in [-0.05, 0) is 0 Å². The molecule has 1 heterocycles. The molecule has 0 unspecified atom stereocenters. The monoisotopic (exact) mass is 287 g/mol. The maximum absolute atomic E-state index is 12.3. The lowest BCUT2D eigenvalue weighted by Gasteiger charge is -2.12. The van der Waals surface area contributed by atoms with Crippen LogP contribution in [0.5, 0.6) is 0 Å². The van der Waals surface area contributed by atoms with Crippen LogP contribution in [0.2, 0.25) is 0 Å². The first-order chi connectivity index (χ1) is 9.99. The maximum Gasteiger partial charge on any atom is 0.330 e. The molecule has 1 aromatic heterocycles. The summed E-state index contributed by atoms with van der Waals surface area (Å²) in [7, 11) is 0. The van der Waals surface area contributed by atoms with E-state index in [9.17, 15) is 14.4 Å². The van der Waals surface area contributed by atoms with Crippen LogP contribution in [-0.4, -0.2) is 21.6 Å². The SMILES string of the molecule is CC(=O)Nc1cnc(-c2ccccc2)n(OC(C)=O)c1=O. The van der Waals surface area contributed by atoms with Crippen molar-refractivity contribution in [3.8, 4) is 11.4 Å². The number of aromatic nitrogens is 2. The quantitative estimate of drug-likeness (QED) is 0.903. The Hall–Kier alpha value is -2.96. The van der Waals surface area contributed by atoms with Gasteiger partial charge in [0.25, 0.3) is 0 Å². The molecule has 1 N–H and O–H groups in total. The highest BCUT2D eigenvalue weighted by Gasteiger charge is 2.15. The zero-order valence-corrected chi connectivity index (χ0v) is 11.5. The summed E-state index contributed by atoms with van der Waals surface area (Å²) in [5.74, 6) is -0.920. The Labute approximate surface area is 120 Å². The Bertz CT molecular complexity index is 738. The van der Waals surface area contributed by atoms with Gasteiger partial charge in [0.1, 0.15) is 5.69 Å². The normalized spacial score (nSPS) is 10.0. The van der Waals surface area contributed by atoms with Crippen LogP contribution in [0.15, 0.2) is 41.3 Å². The first kappa shape index (κ1) is 14.4. The van der Waals surface area contributed by atoms with Crippen molar-refractivity contribution >= 4 is 17.6 Å². The fraction of sp³-hybridized carbons (Fsp3) is 0.143. The number of carbonyl (C=O) groups excluding carboxylic acids is 2. The molecule has 0 saturated heterocycles. The summed E-state index contributed by atoms with van der Waals surface area (Å²) >= 11 is 0. The molecule has 0 spiro atoms. The first-order valence-corrected chi connectivity index (χ1v) is 6.13. The van der Waals surface area contributed by atoms with Crippen molar-refractivity contribution in [3.05, 3.63) is 46.9 Å². The minimum atomic E-state index is -0.672. The summed E-state index contributed by atoms with van der Waals surface area (Å²) in [6.45, 7) is 2.44. The Morgan fingerprint density at radius 1 is 1.19 bits per heavy atom. The van der Waals surface area contributed by atoms with Crippen molar-refractivity contribution in [2.24, 2.45) is 0 Å². The summed E-state index contributed by atoms with van der Waals surface area (Å²) in [6, 6.07) is 8.78. The van der Waals surface area contributed by atoms with Gasteiger partial charge >= 0.3 is 11.5 Å². The van der Waals surface area contributed by atoms with Gasteiger partial charge in [0.05, 0.1) is 6.20 Å². The highest BCUT2D eigenvalue weighted by atomic mass is 16.7. The summed E-state index contributed by atoms with van der Waals surface area (Å²) < 4.78 is 0.767. The third-order valence-electron chi connectivity index (χ3n) is 2.49. The fourth-order valence-electron chi connectivity index (χ4n) is 1.71. The average molecular weight is 287 g/mol. The van der Waals surface area contributed by atoms with Crippen molar-refractivity contribution in [1.29, 1.82) is 0 Å². The van der Waals surface area contributed by atoms with Gasteiger partial charge in [-0.2, -0.15) is 0 Å². The van der Waals surface area contributed by atoms with Crippen LogP contribution >= 0.6 is 0 Å². The second-order valence-corrected chi connectivity index (χ2v) is 4.23. The Balaban J connectivity index is 2.60. The van der Waals surface area contributed by atoms with Crippen molar-refractivity contribution < 1.29 is 14.4 Å². The molecule has 7 nitrogen and oxygen atoms in total. The molecule has 0 saturated carbocycles. The first-order valence-electron chi connectivity index (χ1n) is 6.13. The van der Waals surface area contributed by atoms with Crippen molar-refractivity contribution in [3.63, 3.8) is 0 Å². The van der Waals surface area contributed by atoms with E-state index in [-0.39, 0.29) is 11.5 Å². The minimum Gasteiger partial charge on any atom is -0.332 e. The third-order valence-corrected chi connectivity index (χ3v) is 2.49. The van der Waals surface area contributed by atoms with Crippen LogP contribution in [-0.2, 0) is 9.59 Å². The molecule has 7 heteroatoms. The molecule has 0 atom stereocenters. The minimum absolute atomic E-state index is 0.0663. The number of carbonyl (C=O) groups is 2. The van der Waals surface area contributed by atoms with E-state index in [1.807, 2.05) is 6.07 Å². The molecule has 0 bridgehead atoms. The molecule has 1 aromatic carbocycles. The number of hydrogen-bond acceptors (Lipinski definition) is 5. The van der Waals surface area contributed by atoms with Crippen LogP contribution in [0.3, 0.4) is 0 Å². The van der Waals surface area contributed by atoms with Crippen LogP contribution in [0.4, 0.5) is 5.69 Å². The van der Waals surface area contributed by atoms with Gasteiger partial charge in [-0.15, -0.1) is 4.73 Å². The van der Waals surface area contributed by atoms with Crippen molar-refractivity contribution in [2.75, 3.05) is 5.32 Å². The van der Waals surface area contributed by atoms with Crippen LogP contribution in [0, 0.1) is 0 Å². The molecule has 0 aliphatic heterocycles. The lowest BCUT2D eigenvalue weighted by atomic mass is 10.2. The molecule has 21 heavy (non-hydrogen) atoms. The smallest absolute Gasteiger partial charge is 0.330 e. The topological polar surface area (TPSA) is 90.3 Å². The van der Waals surface area contributed by atoms with Crippen molar-refractivity contribution in [2.45, 2.75) is 13.8 Å². The van der Waals surface area contributed by atoms with E-state index in [4.69, 9.17) is 4.84 Å². The van der Waals surface area contributed by atoms with E-state index in [0.29, 0.717) is 5.56 Å². The average Bonchev–Trinajstić information content (AvgIpc) is 2.43. The number of amides is 1. The predicted octanol–water partition coefficient (Wildman–Crippen LogP) is 0.844. The second kappa shape index (κ2) is 6.00. The Morgan fingerprint density at radius 3 is 2.43 bits per heavy atom. The van der Waals surface area contributed by atoms with E-state index in [1.54, 1.807) is 24.3 Å². The highest BCUT2D eigenvalue weighted by molar-refractivity contribution is 5.88. The number of benzene rings is 1. The highest BCUT2D eigenvalue weighted by Crippen LogP contribution is 2.15. The number of hydrogen-bond donors (Lipinski definition) is 1. The molecule has 1 amide bonds. The maximum atomic E-state index is 12.3. The van der Waals surface area contributed by atoms with Crippen LogP contribution in [0.1, 0.15) is 13.8 Å². The molecule has 108 valence electrons. The Morgan fingerprint density at radius 2 is 1.86 bits per heavy atom. The Kier molecular flexibility index (Phi) is 4.13. The zero-order chi connectivity index (χ0) is 15.4. The lowest BCUT2D eigenvalue weighted by molar-refractivity contribution is -0.141. The molecule has 2 aromatic rings. The van der Waals surface area contributed by atoms with Gasteiger partial charge in [-0.3, -0.25) is 9.59 Å². The van der Waals surface area contributed by atoms with Crippen molar-refractivity contribution in [1.82, 2.24) is 9.71 Å². The predicted molar refractivity (Wildman–Crippen MR) is 75.5 cm³/mol. The summed E-state index contributed by atoms with van der Waals surface area (Å²) in [4.78, 5) is 43.5. The second-order valence-electron chi connectivity index (χ2n) is 4.23. The molecule has 0 fully saturated rings. The number of anilines is 1. The zero-order valence-electron chi connectivity index (χ0n) is 11.5. The van der Waals surface area contributed by atoms with Gasteiger partial charge in [0.2, 0.25) is 5.91 Å². The molecular weight excluding hydrogens is 274 g/mol. The van der Waals surface area contributed by atoms with Gasteiger partial charge < -0.3 is 10.2 Å². The van der Waals surface area contributed by atoms with E-state index >= 15 is 0 Å². The number of nitrogens with one attached hydrogen (secondary N) is 1. The summed E-state index contributed by atoms with van der Waals surface area (Å²) in [5.41, 5.74) is -0.136. The standard InChI is InChI=1S/C14H13N3O4/c1-9(18)16-12-8-15-13(11-6-4-3-5-7-11)17(14(12)20)21-10(2)19/h3-8H,1-2H3,(H,16,18). The summed E-state index contributed by atoms with van der Waals surface area (Å²) in [5, 5.41) is 2.34. The molecule has 2 rings (SSSR count). The number of rotatable bonds is 3. The van der Waals surface area contributed by atoms with E-state index in [0.717, 1.165) is 4.73 Å². The van der Waals surface area contributed by atoms with Crippen LogP contribution in [0.25, 0.3) is 11.4 Å². The van der Waals surface area contributed by atoms with Gasteiger partial charge in [0, 0.05) is 19.4 Å². The number of nitrogens with zero attached hydrogens (tertiary/aromatic N) is 2. The summed E-state index contributed by atoms with van der Waals surface area (Å²) in [6.07, 6.45) is 1.23. The van der Waals surface area contributed by atoms with E-state index in [1.165, 1.54) is 20.0 Å². The van der Waals surface area contributed by atoms with Crippen LogP contribution < -0.4 is 15.7 Å². The molecular formula is C14H13N3O4. The van der Waals surface area contributed by atoms with E-state index in [2.05, 4.69) is 10.3 Å². The largest absolute Gasteiger partial charge is 0.332 e. The van der Waals surface area contributed by atoms with Gasteiger partial charge in [-0.1, -0.05) is 30.3 Å². The third kappa shape index (κ3) is 3.33.